The summed E-state index contributed by atoms with van der Waals surface area (Å²) < 4.78 is 0. The van der Waals surface area contributed by atoms with Gasteiger partial charge in [0.15, 0.2) is 0 Å². The molecule has 0 radical (unpaired) electrons. The normalized spacial score (nSPS) is 47.9. The first-order valence-corrected chi connectivity index (χ1v) is 9.25. The van der Waals surface area contributed by atoms with Crippen LogP contribution in [-0.4, -0.2) is 28.7 Å². The minimum Gasteiger partial charge on any atom is -0.339 e. The van der Waals surface area contributed by atoms with Gasteiger partial charge in [-0.15, -0.1) is 0 Å². The summed E-state index contributed by atoms with van der Waals surface area (Å²) in [4.78, 5) is 15.2. The van der Waals surface area contributed by atoms with E-state index in [9.17, 15) is 4.79 Å². The third kappa shape index (κ3) is 1.99. The van der Waals surface area contributed by atoms with Gasteiger partial charge in [-0.25, -0.2) is 0 Å². The smallest absolute Gasteiger partial charge is 0.226 e. The molecule has 4 aliphatic carbocycles. The Morgan fingerprint density at radius 3 is 2.26 bits per heavy atom. The van der Waals surface area contributed by atoms with Crippen molar-refractivity contribution < 1.29 is 4.79 Å². The van der Waals surface area contributed by atoms with Crippen LogP contribution in [0.4, 0.5) is 0 Å². The van der Waals surface area contributed by atoms with Crippen LogP contribution in [0.2, 0.25) is 0 Å². The molecule has 4 saturated carbocycles. The number of nitrogens with zero attached hydrogens (tertiary/aromatic N) is 1. The molecule has 0 spiro atoms. The number of carbonyl (C=O) groups excluding carboxylic acids is 1. The molecule has 0 aromatic carbocycles. The van der Waals surface area contributed by atoms with Gasteiger partial charge in [0.25, 0.3) is 0 Å². The van der Waals surface area contributed by atoms with Crippen LogP contribution in [0, 0.1) is 29.6 Å². The summed E-state index contributed by atoms with van der Waals surface area (Å²) in [6.07, 6.45) is 9.31. The molecule has 2 nitrogen and oxygen atoms in total. The van der Waals surface area contributed by atoms with E-state index in [0.29, 0.717) is 17.9 Å². The number of alkyl halides is 1. The highest BCUT2D eigenvalue weighted by molar-refractivity contribution is 9.09. The second-order valence-electron chi connectivity index (χ2n) is 7.44. The minimum absolute atomic E-state index is 0.396. The van der Waals surface area contributed by atoms with Crippen LogP contribution in [0.25, 0.3) is 0 Å². The Labute approximate surface area is 124 Å². The van der Waals surface area contributed by atoms with Crippen molar-refractivity contribution in [2.24, 2.45) is 29.6 Å². The van der Waals surface area contributed by atoms with Crippen molar-refractivity contribution >= 4 is 21.8 Å². The highest BCUT2D eigenvalue weighted by Crippen LogP contribution is 2.57. The van der Waals surface area contributed by atoms with Crippen molar-refractivity contribution in [2.75, 3.05) is 11.9 Å². The Hall–Kier alpha value is -0.0500. The Kier molecular flexibility index (Phi) is 3.17. The van der Waals surface area contributed by atoms with E-state index in [1.807, 2.05) is 0 Å². The lowest BCUT2D eigenvalue weighted by Gasteiger charge is -2.54. The van der Waals surface area contributed by atoms with Gasteiger partial charge in [0.2, 0.25) is 5.91 Å². The van der Waals surface area contributed by atoms with Gasteiger partial charge in [-0.2, -0.15) is 0 Å². The number of carbonyl (C=O) groups is 1. The molecule has 5 aliphatic rings. The van der Waals surface area contributed by atoms with Crippen LogP contribution in [0.5, 0.6) is 0 Å². The topological polar surface area (TPSA) is 20.3 Å². The van der Waals surface area contributed by atoms with E-state index < -0.39 is 0 Å². The van der Waals surface area contributed by atoms with E-state index >= 15 is 0 Å². The molecule has 0 aromatic rings. The zero-order valence-electron chi connectivity index (χ0n) is 11.6. The first-order chi connectivity index (χ1) is 9.26. The van der Waals surface area contributed by atoms with E-state index in [0.717, 1.165) is 35.5 Å². The lowest BCUT2D eigenvalue weighted by atomic mass is 9.51. The van der Waals surface area contributed by atoms with E-state index in [-0.39, 0.29) is 0 Å². The zero-order chi connectivity index (χ0) is 13.0. The maximum atomic E-state index is 13.0. The first-order valence-electron chi connectivity index (χ1n) is 8.12. The Morgan fingerprint density at radius 1 is 1.05 bits per heavy atom. The van der Waals surface area contributed by atoms with Crippen LogP contribution in [0.1, 0.15) is 44.9 Å². The van der Waals surface area contributed by atoms with Gasteiger partial charge in [-0.3, -0.25) is 4.79 Å². The Balaban J connectivity index is 1.54. The van der Waals surface area contributed by atoms with Crippen molar-refractivity contribution in [3.05, 3.63) is 0 Å². The van der Waals surface area contributed by atoms with Crippen molar-refractivity contribution in [1.82, 2.24) is 4.90 Å². The lowest BCUT2D eigenvalue weighted by Crippen LogP contribution is -2.53. The molecule has 0 N–H and O–H groups in total. The second-order valence-corrected chi connectivity index (χ2v) is 8.09. The van der Waals surface area contributed by atoms with E-state index in [1.54, 1.807) is 0 Å². The van der Waals surface area contributed by atoms with E-state index in [1.165, 1.54) is 44.9 Å². The zero-order valence-corrected chi connectivity index (χ0v) is 13.1. The van der Waals surface area contributed by atoms with Crippen LogP contribution in [-0.2, 0) is 4.79 Å². The third-order valence-electron chi connectivity index (χ3n) is 6.35. The standard InChI is InChI=1S/C16H24BrNO/c17-9-14-2-1-3-18(14)16(19)15-12-5-10-4-11(7-12)8-13(15)6-10/h10-15H,1-9H2. The molecular formula is C16H24BrNO. The molecule has 19 heavy (non-hydrogen) atoms. The highest BCUT2D eigenvalue weighted by Gasteiger charge is 2.52. The van der Waals surface area contributed by atoms with Crippen LogP contribution in [0.15, 0.2) is 0 Å². The molecule has 1 aliphatic heterocycles. The summed E-state index contributed by atoms with van der Waals surface area (Å²) >= 11 is 3.59. The van der Waals surface area contributed by atoms with Gasteiger partial charge in [0.1, 0.15) is 0 Å². The average Bonchev–Trinajstić information content (AvgIpc) is 2.85. The van der Waals surface area contributed by atoms with Crippen molar-refractivity contribution in [3.63, 3.8) is 0 Å². The van der Waals surface area contributed by atoms with Crippen LogP contribution in [0.3, 0.4) is 0 Å². The van der Waals surface area contributed by atoms with Crippen LogP contribution < -0.4 is 0 Å². The number of hydrogen-bond acceptors (Lipinski definition) is 1. The fraction of sp³-hybridized carbons (Fsp3) is 0.938. The van der Waals surface area contributed by atoms with Crippen molar-refractivity contribution in [3.8, 4) is 0 Å². The number of amides is 1. The summed E-state index contributed by atoms with van der Waals surface area (Å²) in [5.74, 6) is 4.33. The molecule has 5 rings (SSSR count). The molecule has 4 bridgehead atoms. The quantitative estimate of drug-likeness (QED) is 0.712. The summed E-state index contributed by atoms with van der Waals surface area (Å²) in [5, 5.41) is 0.964. The van der Waals surface area contributed by atoms with E-state index in [2.05, 4.69) is 20.8 Å². The van der Waals surface area contributed by atoms with Gasteiger partial charge < -0.3 is 4.90 Å². The fourth-order valence-electron chi connectivity index (χ4n) is 5.81. The molecule has 0 aromatic heterocycles. The summed E-state index contributed by atoms with van der Waals surface area (Å²) in [5.41, 5.74) is 0. The Bertz CT molecular complexity index is 355. The fourth-order valence-corrected chi connectivity index (χ4v) is 6.48. The van der Waals surface area contributed by atoms with Gasteiger partial charge in [-0.1, -0.05) is 15.9 Å². The maximum absolute atomic E-state index is 13.0. The molecule has 3 heteroatoms. The highest BCUT2D eigenvalue weighted by atomic mass is 79.9. The molecule has 106 valence electrons. The molecule has 1 unspecified atom stereocenters. The Morgan fingerprint density at radius 2 is 1.68 bits per heavy atom. The molecular weight excluding hydrogens is 302 g/mol. The van der Waals surface area contributed by atoms with Gasteiger partial charge in [0, 0.05) is 23.8 Å². The number of rotatable bonds is 2. The van der Waals surface area contributed by atoms with Crippen molar-refractivity contribution in [1.29, 1.82) is 0 Å². The summed E-state index contributed by atoms with van der Waals surface area (Å²) in [6.45, 7) is 1.01. The number of likely N-dealkylation sites (tertiary alicyclic amines) is 1. The van der Waals surface area contributed by atoms with Crippen LogP contribution >= 0.6 is 15.9 Å². The molecule has 1 atom stereocenters. The predicted octanol–water partition coefficient (Wildman–Crippen LogP) is 3.44. The summed E-state index contributed by atoms with van der Waals surface area (Å²) in [6, 6.07) is 0.477. The first kappa shape index (κ1) is 12.7. The largest absolute Gasteiger partial charge is 0.339 e. The average molecular weight is 326 g/mol. The number of hydrogen-bond donors (Lipinski definition) is 0. The predicted molar refractivity (Wildman–Crippen MR) is 79.1 cm³/mol. The molecule has 1 amide bonds. The third-order valence-corrected chi connectivity index (χ3v) is 7.10. The van der Waals surface area contributed by atoms with Crippen molar-refractivity contribution in [2.45, 2.75) is 51.0 Å². The summed E-state index contributed by atoms with van der Waals surface area (Å²) in [7, 11) is 0. The molecule has 5 fully saturated rings. The molecule has 1 heterocycles. The number of halogens is 1. The molecule has 1 saturated heterocycles. The maximum Gasteiger partial charge on any atom is 0.226 e. The lowest BCUT2D eigenvalue weighted by molar-refractivity contribution is -0.149. The minimum atomic E-state index is 0.396. The second kappa shape index (κ2) is 4.75. The van der Waals surface area contributed by atoms with E-state index in [4.69, 9.17) is 0 Å². The van der Waals surface area contributed by atoms with Gasteiger partial charge in [0.05, 0.1) is 0 Å². The SMILES string of the molecule is O=C(C1C2CC3CC(C2)CC1C3)N1CCCC1CBr. The van der Waals surface area contributed by atoms with Gasteiger partial charge in [-0.05, 0) is 68.6 Å². The van der Waals surface area contributed by atoms with Gasteiger partial charge >= 0.3 is 0 Å². The monoisotopic (exact) mass is 325 g/mol.